The van der Waals surface area contributed by atoms with Gasteiger partial charge in [0.25, 0.3) is 5.56 Å². The van der Waals surface area contributed by atoms with E-state index in [0.717, 1.165) is 6.26 Å². The predicted molar refractivity (Wildman–Crippen MR) is 93.7 cm³/mol. The van der Waals surface area contributed by atoms with E-state index in [0.29, 0.717) is 30.9 Å². The molecule has 2 N–H and O–H groups in total. The molecule has 1 aliphatic rings. The van der Waals surface area contributed by atoms with E-state index in [1.807, 2.05) is 6.92 Å². The highest BCUT2D eigenvalue weighted by Gasteiger charge is 2.29. The van der Waals surface area contributed by atoms with Gasteiger partial charge in [-0.05, 0) is 25.5 Å². The van der Waals surface area contributed by atoms with Gasteiger partial charge in [-0.25, -0.2) is 8.42 Å². The van der Waals surface area contributed by atoms with Crippen LogP contribution in [0.3, 0.4) is 0 Å². The molecule has 0 amide bonds. The number of carbonyl (C=O) groups excluding carboxylic acids is 1. The molecule has 26 heavy (non-hydrogen) atoms. The normalized spacial score (nSPS) is 14.9. The largest absolute Gasteiger partial charge is 0.484 e. The highest BCUT2D eigenvalue weighted by Crippen LogP contribution is 2.33. The summed E-state index contributed by atoms with van der Waals surface area (Å²) in [7, 11) is -3.55. The molecular weight excluding hydrogens is 360 g/mol. The first-order valence-corrected chi connectivity index (χ1v) is 10.1. The lowest BCUT2D eigenvalue weighted by Crippen LogP contribution is -2.39. The van der Waals surface area contributed by atoms with Crippen molar-refractivity contribution in [3.05, 3.63) is 44.9 Å². The number of ether oxygens (including phenoxy) is 2. The third-order valence-corrected chi connectivity index (χ3v) is 5.46. The van der Waals surface area contributed by atoms with Crippen molar-refractivity contribution in [2.75, 3.05) is 19.5 Å². The van der Waals surface area contributed by atoms with E-state index in [9.17, 15) is 18.0 Å². The van der Waals surface area contributed by atoms with Crippen LogP contribution in [0.1, 0.15) is 34.1 Å². The lowest BCUT2D eigenvalue weighted by atomic mass is 9.98. The first kappa shape index (κ1) is 18.4. The summed E-state index contributed by atoms with van der Waals surface area (Å²) < 4.78 is 35.1. The van der Waals surface area contributed by atoms with Gasteiger partial charge >= 0.3 is 0 Å². The molecule has 8 nitrogen and oxygen atoms in total. The minimum Gasteiger partial charge on any atom is -0.484 e. The van der Waals surface area contributed by atoms with Gasteiger partial charge in [0, 0.05) is 23.1 Å². The van der Waals surface area contributed by atoms with Crippen LogP contribution in [0.15, 0.2) is 21.8 Å². The van der Waals surface area contributed by atoms with Gasteiger partial charge in [0.2, 0.25) is 5.78 Å². The number of aromatic nitrogens is 2. The van der Waals surface area contributed by atoms with Gasteiger partial charge in [-0.2, -0.15) is 0 Å². The third kappa shape index (κ3) is 3.19. The summed E-state index contributed by atoms with van der Waals surface area (Å²) in [6.07, 6.45) is 1.30. The standard InChI is InChI=1S/C17H20N2O6S/c1-4-12-14(17(21)19-18-12)15(20)11-5-6-13(26(3,22)23)16(9(11)2)25-10-7-24-8-10/h5-6,10H,4,7-8H2,1-3H3,(H2,18,19,21). The quantitative estimate of drug-likeness (QED) is 0.722. The SMILES string of the molecule is CCc1[nH][nH]c(=O)c1C(=O)c1ccc(S(C)(=O)=O)c(OC2COC2)c1C. The van der Waals surface area contributed by atoms with E-state index in [2.05, 4.69) is 10.2 Å². The smallest absolute Gasteiger partial charge is 0.275 e. The molecule has 0 saturated carbocycles. The number of aromatic amines is 2. The van der Waals surface area contributed by atoms with Gasteiger partial charge in [0.15, 0.2) is 9.84 Å². The maximum atomic E-state index is 12.9. The summed E-state index contributed by atoms with van der Waals surface area (Å²) in [5.41, 5.74) is 0.635. The first-order valence-electron chi connectivity index (χ1n) is 8.16. The summed E-state index contributed by atoms with van der Waals surface area (Å²) in [5, 5.41) is 5.11. The maximum Gasteiger partial charge on any atom is 0.275 e. The molecule has 1 fully saturated rings. The molecule has 0 bridgehead atoms. The fraction of sp³-hybridized carbons (Fsp3) is 0.412. The van der Waals surface area contributed by atoms with Gasteiger partial charge < -0.3 is 14.6 Å². The Balaban J connectivity index is 2.13. The Bertz CT molecular complexity index is 1010. The molecule has 0 radical (unpaired) electrons. The van der Waals surface area contributed by atoms with Crippen LogP contribution in [0.2, 0.25) is 0 Å². The molecule has 0 unspecified atom stereocenters. The van der Waals surface area contributed by atoms with Crippen LogP contribution < -0.4 is 10.3 Å². The van der Waals surface area contributed by atoms with Gasteiger partial charge in [-0.1, -0.05) is 6.92 Å². The number of H-pyrrole nitrogens is 2. The number of rotatable bonds is 6. The molecule has 9 heteroatoms. The Labute approximate surface area is 150 Å². The molecule has 0 spiro atoms. The molecule has 140 valence electrons. The van der Waals surface area contributed by atoms with E-state index in [1.165, 1.54) is 12.1 Å². The van der Waals surface area contributed by atoms with E-state index < -0.39 is 21.2 Å². The van der Waals surface area contributed by atoms with Crippen LogP contribution in [0.4, 0.5) is 0 Å². The van der Waals surface area contributed by atoms with Crippen LogP contribution in [-0.2, 0) is 21.0 Å². The molecule has 1 aromatic carbocycles. The van der Waals surface area contributed by atoms with E-state index in [1.54, 1.807) is 6.92 Å². The molecule has 1 saturated heterocycles. The van der Waals surface area contributed by atoms with Gasteiger partial charge in [0.05, 0.1) is 13.2 Å². The molecule has 0 atom stereocenters. The highest BCUT2D eigenvalue weighted by atomic mass is 32.2. The molecule has 2 aromatic rings. The van der Waals surface area contributed by atoms with Crippen molar-refractivity contribution in [3.8, 4) is 5.75 Å². The molecule has 1 aromatic heterocycles. The molecular formula is C17H20N2O6S. The number of ketones is 1. The van der Waals surface area contributed by atoms with Crippen LogP contribution in [0, 0.1) is 6.92 Å². The summed E-state index contributed by atoms with van der Waals surface area (Å²) in [6.45, 7) is 4.15. The lowest BCUT2D eigenvalue weighted by Gasteiger charge is -2.28. The van der Waals surface area contributed by atoms with Crippen molar-refractivity contribution >= 4 is 15.6 Å². The van der Waals surface area contributed by atoms with Gasteiger partial charge in [-0.3, -0.25) is 14.7 Å². The Morgan fingerprint density at radius 2 is 2.00 bits per heavy atom. The second-order valence-corrected chi connectivity index (χ2v) is 8.21. The Hall–Kier alpha value is -2.39. The minimum absolute atomic E-state index is 0.0112. The number of hydrogen-bond donors (Lipinski definition) is 2. The summed E-state index contributed by atoms with van der Waals surface area (Å²) in [4.78, 5) is 25.0. The Morgan fingerprint density at radius 3 is 2.54 bits per heavy atom. The molecule has 1 aliphatic heterocycles. The minimum atomic E-state index is -3.55. The second-order valence-electron chi connectivity index (χ2n) is 6.23. The average Bonchev–Trinajstić information content (AvgIpc) is 2.90. The van der Waals surface area contributed by atoms with Crippen molar-refractivity contribution in [2.45, 2.75) is 31.3 Å². The monoisotopic (exact) mass is 380 g/mol. The number of aryl methyl sites for hydroxylation is 1. The second kappa shape index (κ2) is 6.73. The van der Waals surface area contributed by atoms with E-state index in [4.69, 9.17) is 9.47 Å². The van der Waals surface area contributed by atoms with Crippen LogP contribution in [0.5, 0.6) is 5.75 Å². The highest BCUT2D eigenvalue weighted by molar-refractivity contribution is 7.90. The number of nitrogens with one attached hydrogen (secondary N) is 2. The maximum absolute atomic E-state index is 12.9. The van der Waals surface area contributed by atoms with Crippen molar-refractivity contribution in [2.24, 2.45) is 0 Å². The van der Waals surface area contributed by atoms with Crippen LogP contribution in [0.25, 0.3) is 0 Å². The van der Waals surface area contributed by atoms with Gasteiger partial charge in [0.1, 0.15) is 22.3 Å². The summed E-state index contributed by atoms with van der Waals surface area (Å²) >= 11 is 0. The zero-order valence-corrected chi connectivity index (χ0v) is 15.5. The summed E-state index contributed by atoms with van der Waals surface area (Å²) in [5.74, 6) is -0.340. The Kier molecular flexibility index (Phi) is 4.76. The summed E-state index contributed by atoms with van der Waals surface area (Å²) in [6, 6.07) is 2.76. The Morgan fingerprint density at radius 1 is 1.31 bits per heavy atom. The van der Waals surface area contributed by atoms with Crippen molar-refractivity contribution < 1.29 is 22.7 Å². The predicted octanol–water partition coefficient (Wildman–Crippen LogP) is 0.986. The number of benzene rings is 1. The van der Waals surface area contributed by atoms with Crippen molar-refractivity contribution in [1.29, 1.82) is 0 Å². The average molecular weight is 380 g/mol. The number of sulfone groups is 1. The first-order chi connectivity index (χ1) is 12.2. The number of carbonyl (C=O) groups is 1. The topological polar surface area (TPSA) is 118 Å². The lowest BCUT2D eigenvalue weighted by molar-refractivity contribution is -0.0809. The van der Waals surface area contributed by atoms with Crippen LogP contribution >= 0.6 is 0 Å². The molecule has 0 aliphatic carbocycles. The molecule has 3 rings (SSSR count). The fourth-order valence-corrected chi connectivity index (χ4v) is 3.69. The zero-order valence-electron chi connectivity index (χ0n) is 14.7. The van der Waals surface area contributed by atoms with Crippen molar-refractivity contribution in [3.63, 3.8) is 0 Å². The van der Waals surface area contributed by atoms with Crippen molar-refractivity contribution in [1.82, 2.24) is 10.2 Å². The van der Waals surface area contributed by atoms with E-state index >= 15 is 0 Å². The van der Waals surface area contributed by atoms with E-state index in [-0.39, 0.29) is 27.9 Å². The van der Waals surface area contributed by atoms with Crippen LogP contribution in [-0.4, -0.2) is 50.0 Å². The fourth-order valence-electron chi connectivity index (χ4n) is 2.83. The molecule has 2 heterocycles. The third-order valence-electron chi connectivity index (χ3n) is 4.34. The number of hydrogen-bond acceptors (Lipinski definition) is 6. The zero-order chi connectivity index (χ0) is 19.1. The van der Waals surface area contributed by atoms with Gasteiger partial charge in [-0.15, -0.1) is 0 Å².